The minimum Gasteiger partial charge on any atom is -0.492 e. The Morgan fingerprint density at radius 3 is 2.96 bits per heavy atom. The fourth-order valence-electron chi connectivity index (χ4n) is 2.45. The highest BCUT2D eigenvalue weighted by molar-refractivity contribution is 7.10. The third-order valence-electron chi connectivity index (χ3n) is 3.84. The molecule has 6 nitrogen and oxygen atoms in total. The predicted molar refractivity (Wildman–Crippen MR) is 100 cm³/mol. The van der Waals surface area contributed by atoms with Crippen LogP contribution >= 0.6 is 11.3 Å². The largest absolute Gasteiger partial charge is 0.492 e. The van der Waals surface area contributed by atoms with Crippen molar-refractivity contribution in [1.29, 1.82) is 0 Å². The summed E-state index contributed by atoms with van der Waals surface area (Å²) in [5.41, 5.74) is 0. The van der Waals surface area contributed by atoms with Crippen LogP contribution < -0.4 is 24.8 Å². The fourth-order valence-corrected chi connectivity index (χ4v) is 3.23. The van der Waals surface area contributed by atoms with Gasteiger partial charge in [-0.2, -0.15) is 0 Å². The maximum Gasteiger partial charge on any atom is 0.231 e. The third-order valence-corrected chi connectivity index (χ3v) is 4.94. The summed E-state index contributed by atoms with van der Waals surface area (Å²) in [6, 6.07) is 9.82. The Morgan fingerprint density at radius 1 is 1.28 bits per heavy atom. The molecular weight excluding hydrogens is 338 g/mol. The molecule has 0 fully saturated rings. The smallest absolute Gasteiger partial charge is 0.231 e. The van der Waals surface area contributed by atoms with Gasteiger partial charge in [0.1, 0.15) is 12.4 Å². The fraction of sp³-hybridized carbons (Fsp3) is 0.389. The van der Waals surface area contributed by atoms with E-state index < -0.39 is 0 Å². The molecule has 0 bridgehead atoms. The van der Waals surface area contributed by atoms with Crippen LogP contribution in [0.1, 0.15) is 17.7 Å². The Hall–Kier alpha value is -2.41. The van der Waals surface area contributed by atoms with E-state index in [1.54, 1.807) is 18.4 Å². The lowest BCUT2D eigenvalue weighted by molar-refractivity contribution is 0.173. The zero-order valence-electron chi connectivity index (χ0n) is 14.5. The van der Waals surface area contributed by atoms with E-state index in [1.165, 1.54) is 4.88 Å². The van der Waals surface area contributed by atoms with E-state index >= 15 is 0 Å². The van der Waals surface area contributed by atoms with E-state index in [9.17, 15) is 0 Å². The van der Waals surface area contributed by atoms with Crippen molar-refractivity contribution in [3.05, 3.63) is 40.6 Å². The highest BCUT2D eigenvalue weighted by Crippen LogP contribution is 2.34. The van der Waals surface area contributed by atoms with Crippen LogP contribution in [0.2, 0.25) is 0 Å². The molecule has 1 aliphatic rings. The highest BCUT2D eigenvalue weighted by Gasteiger charge is 2.13. The third kappa shape index (κ3) is 4.79. The quantitative estimate of drug-likeness (QED) is 0.451. The van der Waals surface area contributed by atoms with Gasteiger partial charge in [-0.05, 0) is 23.6 Å². The molecule has 25 heavy (non-hydrogen) atoms. The summed E-state index contributed by atoms with van der Waals surface area (Å²) in [6.45, 7) is 4.49. The van der Waals surface area contributed by atoms with Gasteiger partial charge in [-0.25, -0.2) is 0 Å². The maximum atomic E-state index is 5.73. The van der Waals surface area contributed by atoms with Crippen LogP contribution in [0, 0.1) is 0 Å². The van der Waals surface area contributed by atoms with Crippen molar-refractivity contribution < 1.29 is 14.2 Å². The number of nitrogens with one attached hydrogen (secondary N) is 2. The summed E-state index contributed by atoms with van der Waals surface area (Å²) in [6.07, 6.45) is 0. The molecule has 134 valence electrons. The van der Waals surface area contributed by atoms with Gasteiger partial charge in [-0.1, -0.05) is 13.0 Å². The van der Waals surface area contributed by atoms with Crippen molar-refractivity contribution in [2.75, 3.05) is 33.5 Å². The van der Waals surface area contributed by atoms with E-state index in [2.05, 4.69) is 40.1 Å². The monoisotopic (exact) mass is 361 g/mol. The van der Waals surface area contributed by atoms with E-state index in [1.807, 2.05) is 18.2 Å². The number of thiophene rings is 1. The highest BCUT2D eigenvalue weighted by atomic mass is 32.1. The van der Waals surface area contributed by atoms with Crippen molar-refractivity contribution in [1.82, 2.24) is 10.6 Å². The zero-order chi connectivity index (χ0) is 17.5. The number of guanidine groups is 1. The minimum absolute atomic E-state index is 0.270. The van der Waals surface area contributed by atoms with Crippen LogP contribution in [-0.2, 0) is 0 Å². The van der Waals surface area contributed by atoms with Gasteiger partial charge in [-0.15, -0.1) is 11.3 Å². The first kappa shape index (κ1) is 17.4. The molecule has 1 atom stereocenters. The number of hydrogen-bond acceptors (Lipinski definition) is 5. The molecule has 2 N–H and O–H groups in total. The second-order valence-corrected chi connectivity index (χ2v) is 6.64. The second kappa shape index (κ2) is 8.62. The van der Waals surface area contributed by atoms with Crippen molar-refractivity contribution >= 4 is 17.3 Å². The van der Waals surface area contributed by atoms with Crippen LogP contribution in [0.25, 0.3) is 0 Å². The normalized spacial score (nSPS) is 14.2. The van der Waals surface area contributed by atoms with E-state index in [4.69, 9.17) is 14.2 Å². The Morgan fingerprint density at radius 2 is 2.16 bits per heavy atom. The SMILES string of the molecule is CN=C(NCCOc1ccc2c(c1)OCO2)NCC(C)c1cccs1. The number of nitrogens with zero attached hydrogens (tertiary/aromatic N) is 1. The molecular formula is C18H23N3O3S. The molecule has 2 heterocycles. The predicted octanol–water partition coefficient (Wildman–Crippen LogP) is 2.82. The topological polar surface area (TPSA) is 64.1 Å². The summed E-state index contributed by atoms with van der Waals surface area (Å²) in [5.74, 6) is 3.47. The average Bonchev–Trinajstić information content (AvgIpc) is 3.32. The van der Waals surface area contributed by atoms with Crippen LogP contribution in [0.5, 0.6) is 17.2 Å². The van der Waals surface area contributed by atoms with Gasteiger partial charge in [0, 0.05) is 30.5 Å². The molecule has 0 aliphatic carbocycles. The van der Waals surface area contributed by atoms with Crippen molar-refractivity contribution in [3.63, 3.8) is 0 Å². The van der Waals surface area contributed by atoms with Crippen molar-refractivity contribution in [2.45, 2.75) is 12.8 Å². The molecule has 0 amide bonds. The van der Waals surface area contributed by atoms with Crippen LogP contribution in [0.4, 0.5) is 0 Å². The average molecular weight is 361 g/mol. The van der Waals surface area contributed by atoms with Gasteiger partial charge >= 0.3 is 0 Å². The number of hydrogen-bond donors (Lipinski definition) is 2. The van der Waals surface area contributed by atoms with Crippen LogP contribution in [0.3, 0.4) is 0 Å². The van der Waals surface area contributed by atoms with Gasteiger partial charge < -0.3 is 24.8 Å². The zero-order valence-corrected chi connectivity index (χ0v) is 15.3. The van der Waals surface area contributed by atoms with Gasteiger partial charge in [-0.3, -0.25) is 4.99 Å². The summed E-state index contributed by atoms with van der Waals surface area (Å²) in [4.78, 5) is 5.61. The molecule has 1 aliphatic heterocycles. The molecule has 1 aromatic heterocycles. The molecule has 3 rings (SSSR count). The lowest BCUT2D eigenvalue weighted by atomic mass is 10.1. The summed E-state index contributed by atoms with van der Waals surface area (Å²) in [5, 5.41) is 8.70. The Bertz CT molecular complexity index is 704. The van der Waals surface area contributed by atoms with Crippen molar-refractivity contribution in [3.8, 4) is 17.2 Å². The van der Waals surface area contributed by atoms with E-state index in [0.717, 1.165) is 29.8 Å². The molecule has 0 radical (unpaired) electrons. The molecule has 2 aromatic rings. The van der Waals surface area contributed by atoms with Crippen LogP contribution in [0.15, 0.2) is 40.7 Å². The number of benzene rings is 1. The van der Waals surface area contributed by atoms with Gasteiger partial charge in [0.2, 0.25) is 6.79 Å². The summed E-state index contributed by atoms with van der Waals surface area (Å²) >= 11 is 1.78. The van der Waals surface area contributed by atoms with E-state index in [-0.39, 0.29) is 6.79 Å². The number of rotatable bonds is 7. The molecule has 1 aromatic carbocycles. The standard InChI is InChI=1S/C18H23N3O3S/c1-13(17-4-3-9-25-17)11-21-18(19-2)20-7-8-22-14-5-6-15-16(10-14)24-12-23-15/h3-6,9-10,13H,7-8,11-12H2,1-2H3,(H2,19,20,21). The first-order valence-corrected chi connectivity index (χ1v) is 9.14. The Balaban J connectivity index is 1.37. The van der Waals surface area contributed by atoms with E-state index in [0.29, 0.717) is 19.1 Å². The summed E-state index contributed by atoms with van der Waals surface area (Å²) < 4.78 is 16.4. The van der Waals surface area contributed by atoms with Gasteiger partial charge in [0.25, 0.3) is 0 Å². The lowest BCUT2D eigenvalue weighted by Gasteiger charge is -2.15. The molecule has 0 saturated heterocycles. The maximum absolute atomic E-state index is 5.73. The first-order valence-electron chi connectivity index (χ1n) is 8.26. The number of aliphatic imine (C=N–C) groups is 1. The molecule has 1 unspecified atom stereocenters. The Kier molecular flexibility index (Phi) is 6.00. The Labute approximate surface area is 151 Å². The number of ether oxygens (including phenoxy) is 3. The lowest BCUT2D eigenvalue weighted by Crippen LogP contribution is -2.40. The summed E-state index contributed by atoms with van der Waals surface area (Å²) in [7, 11) is 1.77. The van der Waals surface area contributed by atoms with Gasteiger partial charge in [0.05, 0.1) is 6.54 Å². The first-order chi connectivity index (χ1) is 12.3. The minimum atomic E-state index is 0.270. The molecule has 0 saturated carbocycles. The number of fused-ring (bicyclic) bond motifs is 1. The molecule has 7 heteroatoms. The van der Waals surface area contributed by atoms with Crippen molar-refractivity contribution in [2.24, 2.45) is 4.99 Å². The molecule has 0 spiro atoms. The van der Waals surface area contributed by atoms with Gasteiger partial charge in [0.15, 0.2) is 17.5 Å². The van der Waals surface area contributed by atoms with Crippen LogP contribution in [-0.4, -0.2) is 39.5 Å². The second-order valence-electron chi connectivity index (χ2n) is 5.66.